The minimum Gasteiger partial charge on any atom is -0.510 e. The molecule has 5 nitrogen and oxygen atoms in total. The number of rotatable bonds is 8. The first kappa shape index (κ1) is 22.4. The topological polar surface area (TPSA) is 67.6 Å². The van der Waals surface area contributed by atoms with Crippen LogP contribution in [0.3, 0.4) is 0 Å². The number of Topliss-reactive ketones (excluding diaryl/α,β-unsaturated/α-hetero) is 1. The second-order valence-corrected chi connectivity index (χ2v) is 7.26. The van der Waals surface area contributed by atoms with Crippen molar-refractivity contribution in [2.45, 2.75) is 0 Å². The molecule has 0 unspecified atom stereocenters. The van der Waals surface area contributed by atoms with Gasteiger partial charge < -0.3 is 20.3 Å². The minimum atomic E-state index is -0.391. The summed E-state index contributed by atoms with van der Waals surface area (Å²) in [6.45, 7) is -0.0215. The molecule has 0 saturated heterocycles. The Morgan fingerprint density at radius 3 is 1.72 bits per heavy atom. The fraction of sp³-hybridized carbons (Fsp3) is 0.182. The number of ketones is 1. The summed E-state index contributed by atoms with van der Waals surface area (Å²) in [6, 6.07) is 18.8. The van der Waals surface area contributed by atoms with Crippen LogP contribution < -0.4 is 0 Å². The van der Waals surface area contributed by atoms with Gasteiger partial charge in [-0.25, -0.2) is 0 Å². The second-order valence-electron chi connectivity index (χ2n) is 6.48. The van der Waals surface area contributed by atoms with E-state index >= 15 is 0 Å². The van der Waals surface area contributed by atoms with Crippen LogP contribution in [0.4, 0.5) is 0 Å². The number of thiocarbonyl (C=S) groups is 2. The highest BCUT2D eigenvalue weighted by Crippen LogP contribution is 2.10. The molecule has 0 fully saturated rings. The molecule has 0 aromatic heterocycles. The third kappa shape index (κ3) is 6.04. The molecule has 0 atom stereocenters. The molecule has 2 N–H and O–H groups in total. The van der Waals surface area contributed by atoms with Gasteiger partial charge in [0, 0.05) is 31.4 Å². The van der Waals surface area contributed by atoms with E-state index in [1.54, 1.807) is 23.9 Å². The average Bonchev–Trinajstić information content (AvgIpc) is 2.74. The van der Waals surface area contributed by atoms with Crippen LogP contribution in [0, 0.1) is 5.41 Å². The van der Waals surface area contributed by atoms with Crippen molar-refractivity contribution in [3.63, 3.8) is 0 Å². The molecule has 0 heterocycles. The highest BCUT2D eigenvalue weighted by molar-refractivity contribution is 7.80. The number of nitrogens with one attached hydrogen (secondary N) is 1. The lowest BCUT2D eigenvalue weighted by Gasteiger charge is -2.22. The third-order valence-electron chi connectivity index (χ3n) is 4.26. The number of hydrogen-bond acceptors (Lipinski definition) is 5. The maximum atomic E-state index is 12.7. The number of aliphatic hydroxyl groups is 1. The van der Waals surface area contributed by atoms with Crippen molar-refractivity contribution in [2.24, 2.45) is 0 Å². The summed E-state index contributed by atoms with van der Waals surface area (Å²) in [5.74, 6) is -0.595. The quantitative estimate of drug-likeness (QED) is 0.291. The molecule has 29 heavy (non-hydrogen) atoms. The molecule has 0 aliphatic rings. The summed E-state index contributed by atoms with van der Waals surface area (Å²) < 4.78 is 0. The highest BCUT2D eigenvalue weighted by Gasteiger charge is 2.19. The van der Waals surface area contributed by atoms with E-state index in [0.29, 0.717) is 9.98 Å². The summed E-state index contributed by atoms with van der Waals surface area (Å²) in [6.07, 6.45) is 0.872. The summed E-state index contributed by atoms with van der Waals surface area (Å²) in [5, 5.41) is 18.1. The predicted octanol–water partition coefficient (Wildman–Crippen LogP) is 3.63. The van der Waals surface area contributed by atoms with Crippen molar-refractivity contribution in [3.05, 3.63) is 83.1 Å². The molecule has 2 aromatic carbocycles. The molecule has 0 amide bonds. The van der Waals surface area contributed by atoms with Crippen LogP contribution in [0.15, 0.2) is 72.0 Å². The lowest BCUT2D eigenvalue weighted by atomic mass is 10.1. The Kier molecular flexibility index (Phi) is 8.18. The highest BCUT2D eigenvalue weighted by atomic mass is 32.1. The van der Waals surface area contributed by atoms with Crippen LogP contribution in [-0.2, 0) is 4.79 Å². The number of carbonyl (C=O) groups is 1. The van der Waals surface area contributed by atoms with Crippen molar-refractivity contribution < 1.29 is 9.90 Å². The summed E-state index contributed by atoms with van der Waals surface area (Å²) >= 11 is 10.9. The SMILES string of the molecule is CN(CC(=O)/C(C=N)=C(\O)CN(C)C(=S)c1ccccc1)C(=S)c1ccccc1. The van der Waals surface area contributed by atoms with E-state index in [0.717, 1.165) is 17.3 Å². The van der Waals surface area contributed by atoms with Crippen LogP contribution in [0.1, 0.15) is 11.1 Å². The number of carbonyl (C=O) groups excluding carboxylic acids is 1. The Labute approximate surface area is 181 Å². The van der Waals surface area contributed by atoms with Gasteiger partial charge in [0.1, 0.15) is 15.7 Å². The minimum absolute atomic E-state index is 0.0248. The van der Waals surface area contributed by atoms with Crippen LogP contribution in [-0.4, -0.2) is 64.1 Å². The van der Waals surface area contributed by atoms with Gasteiger partial charge in [-0.15, -0.1) is 0 Å². The van der Waals surface area contributed by atoms with Gasteiger partial charge in [-0.05, 0) is 0 Å². The van der Waals surface area contributed by atoms with Crippen molar-refractivity contribution in [2.75, 3.05) is 27.2 Å². The van der Waals surface area contributed by atoms with Crippen molar-refractivity contribution in [1.29, 1.82) is 5.41 Å². The summed E-state index contributed by atoms with van der Waals surface area (Å²) in [7, 11) is 3.44. The van der Waals surface area contributed by atoms with Gasteiger partial charge in [0.05, 0.1) is 18.7 Å². The lowest BCUT2D eigenvalue weighted by Crippen LogP contribution is -2.34. The Balaban J connectivity index is 2.08. The summed E-state index contributed by atoms with van der Waals surface area (Å²) in [5.41, 5.74) is 1.61. The zero-order valence-corrected chi connectivity index (χ0v) is 18.0. The molecule has 150 valence electrons. The largest absolute Gasteiger partial charge is 0.510 e. The lowest BCUT2D eigenvalue weighted by molar-refractivity contribution is -0.115. The van der Waals surface area contributed by atoms with E-state index in [-0.39, 0.29) is 24.4 Å². The molecule has 2 aromatic rings. The molecule has 0 aliphatic heterocycles. The number of aliphatic hydroxyl groups excluding tert-OH is 1. The van der Waals surface area contributed by atoms with E-state index in [1.165, 1.54) is 0 Å². The molecule has 0 aliphatic carbocycles. The van der Waals surface area contributed by atoms with Crippen LogP contribution in [0.25, 0.3) is 0 Å². The van der Waals surface area contributed by atoms with Crippen LogP contribution in [0.2, 0.25) is 0 Å². The van der Waals surface area contributed by atoms with Crippen LogP contribution in [0.5, 0.6) is 0 Å². The number of likely N-dealkylation sites (N-methyl/N-ethyl adjacent to an activating group) is 2. The summed E-state index contributed by atoms with van der Waals surface area (Å²) in [4.78, 5) is 17.0. The molecule has 0 radical (unpaired) electrons. The molecule has 0 bridgehead atoms. The number of benzene rings is 2. The maximum Gasteiger partial charge on any atom is 0.187 e. The predicted molar refractivity (Wildman–Crippen MR) is 125 cm³/mol. The molecule has 0 saturated carbocycles. The van der Waals surface area contributed by atoms with E-state index in [4.69, 9.17) is 29.8 Å². The number of hydrogen-bond donors (Lipinski definition) is 2. The van der Waals surface area contributed by atoms with Gasteiger partial charge in [0.15, 0.2) is 5.78 Å². The zero-order valence-electron chi connectivity index (χ0n) is 16.3. The smallest absolute Gasteiger partial charge is 0.187 e. The zero-order chi connectivity index (χ0) is 21.4. The Morgan fingerprint density at radius 1 is 0.897 bits per heavy atom. The van der Waals surface area contributed by atoms with E-state index < -0.39 is 5.78 Å². The first-order valence-corrected chi connectivity index (χ1v) is 9.73. The van der Waals surface area contributed by atoms with Gasteiger partial charge >= 0.3 is 0 Å². The van der Waals surface area contributed by atoms with Crippen molar-refractivity contribution in [1.82, 2.24) is 9.80 Å². The monoisotopic (exact) mass is 425 g/mol. The average molecular weight is 426 g/mol. The molecular formula is C22H23N3O2S2. The Hall–Kier alpha value is -2.90. The fourth-order valence-corrected chi connectivity index (χ4v) is 3.08. The van der Waals surface area contributed by atoms with Gasteiger partial charge in [-0.3, -0.25) is 4.79 Å². The molecule has 7 heteroatoms. The maximum absolute atomic E-state index is 12.7. The third-order valence-corrected chi connectivity index (χ3v) is 5.35. The Bertz CT molecular complexity index is 928. The van der Waals surface area contributed by atoms with Gasteiger partial charge in [0.25, 0.3) is 0 Å². The van der Waals surface area contributed by atoms with Gasteiger partial charge in [-0.1, -0.05) is 85.1 Å². The molecule has 0 spiro atoms. The van der Waals surface area contributed by atoms with Gasteiger partial charge in [-0.2, -0.15) is 0 Å². The first-order chi connectivity index (χ1) is 13.8. The molecular weight excluding hydrogens is 402 g/mol. The van der Waals surface area contributed by atoms with E-state index in [9.17, 15) is 9.90 Å². The van der Waals surface area contributed by atoms with Gasteiger partial charge in [0.2, 0.25) is 0 Å². The van der Waals surface area contributed by atoms with Crippen LogP contribution >= 0.6 is 24.4 Å². The Morgan fingerprint density at radius 2 is 1.31 bits per heavy atom. The normalized spacial score (nSPS) is 11.2. The second kappa shape index (κ2) is 10.6. The van der Waals surface area contributed by atoms with Crippen molar-refractivity contribution >= 4 is 46.4 Å². The molecule has 2 rings (SSSR count). The van der Waals surface area contributed by atoms with E-state index in [2.05, 4.69) is 0 Å². The fourth-order valence-electron chi connectivity index (χ4n) is 2.68. The van der Waals surface area contributed by atoms with Crippen molar-refractivity contribution in [3.8, 4) is 0 Å². The standard InChI is InChI=1S/C22H23N3O2S2/c1-24(21(28)16-9-5-3-6-10-16)14-19(26)18(13-23)20(27)15-25(2)22(29)17-11-7-4-8-12-17/h3-13,23,26H,14-15H2,1-2H3/b19-18-,23-13?. The van der Waals surface area contributed by atoms with E-state index in [1.807, 2.05) is 60.7 Å². The first-order valence-electron chi connectivity index (χ1n) is 8.92. The number of nitrogens with zero attached hydrogens (tertiary/aromatic N) is 2.